The van der Waals surface area contributed by atoms with Crippen LogP contribution in [0.4, 0.5) is 5.69 Å². The average Bonchev–Trinajstić information content (AvgIpc) is 2.38. The molecule has 2 rings (SSSR count). The number of rotatable bonds is 4. The van der Waals surface area contributed by atoms with Gasteiger partial charge in [-0.15, -0.1) is 0 Å². The lowest BCUT2D eigenvalue weighted by molar-refractivity contribution is 0.412. The summed E-state index contributed by atoms with van der Waals surface area (Å²) in [5, 5.41) is 4.15. The van der Waals surface area contributed by atoms with Crippen LogP contribution >= 0.6 is 50.1 Å². The fourth-order valence-corrected chi connectivity index (χ4v) is 3.30. The number of ether oxygens (including phenoxy) is 1. The maximum Gasteiger partial charge on any atom is 0.133 e. The molecule has 1 N–H and O–H groups in total. The van der Waals surface area contributed by atoms with E-state index in [0.29, 0.717) is 0 Å². The fourth-order valence-electron chi connectivity index (χ4n) is 1.65. The molecule has 2 aromatic carbocycles. The molecule has 0 fully saturated rings. The lowest BCUT2D eigenvalue weighted by Gasteiger charge is -2.10. The normalized spacial score (nSPS) is 10.3. The Hall–Kier alpha value is -0.460. The second-order valence-corrected chi connectivity index (χ2v) is 6.40. The van der Waals surface area contributed by atoms with Crippen LogP contribution < -0.4 is 10.1 Å². The Morgan fingerprint density at radius 2 is 2.05 bits per heavy atom. The number of hydrogen-bond donors (Lipinski definition) is 1. The van der Waals surface area contributed by atoms with Crippen molar-refractivity contribution in [1.29, 1.82) is 0 Å². The summed E-state index contributed by atoms with van der Waals surface area (Å²) in [6.07, 6.45) is 0. The molecular formula is C14H12BrClINO. The van der Waals surface area contributed by atoms with Crippen LogP contribution in [0, 0.1) is 3.57 Å². The van der Waals surface area contributed by atoms with E-state index >= 15 is 0 Å². The van der Waals surface area contributed by atoms with E-state index in [1.807, 2.05) is 30.3 Å². The number of nitrogens with one attached hydrogen (secondary N) is 1. The van der Waals surface area contributed by atoms with Crippen molar-refractivity contribution < 1.29 is 4.74 Å². The minimum absolute atomic E-state index is 0.750. The van der Waals surface area contributed by atoms with Crippen LogP contribution in [0.1, 0.15) is 5.56 Å². The highest BCUT2D eigenvalue weighted by molar-refractivity contribution is 14.1. The molecule has 0 aliphatic heterocycles. The molecule has 0 atom stereocenters. The van der Waals surface area contributed by atoms with Crippen molar-refractivity contribution in [3.8, 4) is 5.75 Å². The van der Waals surface area contributed by atoms with Gasteiger partial charge in [-0.1, -0.05) is 17.7 Å². The second kappa shape index (κ2) is 6.81. The number of methoxy groups -OCH3 is 1. The maximum absolute atomic E-state index is 5.94. The highest BCUT2D eigenvalue weighted by Crippen LogP contribution is 2.27. The van der Waals surface area contributed by atoms with Gasteiger partial charge in [-0.05, 0) is 74.4 Å². The van der Waals surface area contributed by atoms with E-state index in [9.17, 15) is 0 Å². The summed E-state index contributed by atoms with van der Waals surface area (Å²) < 4.78 is 7.28. The lowest BCUT2D eigenvalue weighted by atomic mass is 10.2. The highest BCUT2D eigenvalue weighted by atomic mass is 127. The van der Waals surface area contributed by atoms with Gasteiger partial charge in [0.15, 0.2) is 0 Å². The van der Waals surface area contributed by atoms with Gasteiger partial charge >= 0.3 is 0 Å². The van der Waals surface area contributed by atoms with Crippen LogP contribution in [0.2, 0.25) is 5.02 Å². The minimum Gasteiger partial charge on any atom is -0.496 e. The summed E-state index contributed by atoms with van der Waals surface area (Å²) in [5.74, 6) is 0.838. The average molecular weight is 453 g/mol. The first-order chi connectivity index (χ1) is 9.10. The zero-order valence-corrected chi connectivity index (χ0v) is 14.7. The SMILES string of the molecule is COc1ccc(CNc2ccc(Cl)cc2I)cc1Br. The van der Waals surface area contributed by atoms with Crippen molar-refractivity contribution in [1.82, 2.24) is 0 Å². The van der Waals surface area contributed by atoms with Crippen LogP contribution in [0.15, 0.2) is 40.9 Å². The van der Waals surface area contributed by atoms with Crippen LogP contribution in [-0.2, 0) is 6.54 Å². The fraction of sp³-hybridized carbons (Fsp3) is 0.143. The Kier molecular flexibility index (Phi) is 5.36. The maximum atomic E-state index is 5.94. The van der Waals surface area contributed by atoms with Gasteiger partial charge in [-0.3, -0.25) is 0 Å². The largest absolute Gasteiger partial charge is 0.496 e. The topological polar surface area (TPSA) is 21.3 Å². The molecule has 2 nitrogen and oxygen atoms in total. The molecule has 0 radical (unpaired) electrons. The van der Waals surface area contributed by atoms with Crippen LogP contribution in [0.5, 0.6) is 5.75 Å². The standard InChI is InChI=1S/C14H12BrClINO/c1-19-14-5-2-9(6-11(14)15)8-18-13-4-3-10(16)7-12(13)17/h2-7,18H,8H2,1H3. The number of halogens is 3. The van der Waals surface area contributed by atoms with Crippen molar-refractivity contribution in [3.05, 3.63) is 55.0 Å². The lowest BCUT2D eigenvalue weighted by Crippen LogP contribution is -2.01. The van der Waals surface area contributed by atoms with Crippen LogP contribution in [-0.4, -0.2) is 7.11 Å². The van der Waals surface area contributed by atoms with Gasteiger partial charge < -0.3 is 10.1 Å². The smallest absolute Gasteiger partial charge is 0.133 e. The molecule has 0 aliphatic carbocycles. The first-order valence-electron chi connectivity index (χ1n) is 5.61. The monoisotopic (exact) mass is 451 g/mol. The van der Waals surface area contributed by atoms with E-state index in [1.54, 1.807) is 7.11 Å². The first-order valence-corrected chi connectivity index (χ1v) is 7.86. The second-order valence-electron chi connectivity index (χ2n) is 3.95. The van der Waals surface area contributed by atoms with E-state index in [-0.39, 0.29) is 0 Å². The van der Waals surface area contributed by atoms with Crippen molar-refractivity contribution in [2.45, 2.75) is 6.54 Å². The van der Waals surface area contributed by atoms with Gasteiger partial charge in [0.1, 0.15) is 5.75 Å². The van der Waals surface area contributed by atoms with E-state index in [0.717, 1.165) is 31.0 Å². The molecule has 0 spiro atoms. The summed E-state index contributed by atoms with van der Waals surface area (Å²) >= 11 is 11.7. The molecule has 0 bridgehead atoms. The molecule has 0 saturated carbocycles. The quantitative estimate of drug-likeness (QED) is 0.634. The zero-order chi connectivity index (χ0) is 13.8. The number of anilines is 1. The van der Waals surface area contributed by atoms with E-state index in [4.69, 9.17) is 16.3 Å². The molecule has 0 amide bonds. The molecule has 0 heterocycles. The Labute approximate surface area is 139 Å². The summed E-state index contributed by atoms with van der Waals surface area (Å²) in [4.78, 5) is 0. The molecule has 2 aromatic rings. The van der Waals surface area contributed by atoms with E-state index in [1.165, 1.54) is 5.56 Å². The van der Waals surface area contributed by atoms with Crippen molar-refractivity contribution in [2.75, 3.05) is 12.4 Å². The summed E-state index contributed by atoms with van der Waals surface area (Å²) in [6, 6.07) is 11.9. The van der Waals surface area contributed by atoms with Crippen LogP contribution in [0.25, 0.3) is 0 Å². The predicted octanol–water partition coefficient (Wildman–Crippen LogP) is 5.33. The van der Waals surface area contributed by atoms with Crippen LogP contribution in [0.3, 0.4) is 0 Å². The van der Waals surface area contributed by atoms with E-state index < -0.39 is 0 Å². The van der Waals surface area contributed by atoms with Crippen molar-refractivity contribution in [2.24, 2.45) is 0 Å². The van der Waals surface area contributed by atoms with Gasteiger partial charge in [0.2, 0.25) is 0 Å². The van der Waals surface area contributed by atoms with E-state index in [2.05, 4.69) is 49.9 Å². The molecule has 0 unspecified atom stereocenters. The number of benzene rings is 2. The Balaban J connectivity index is 2.08. The third-order valence-electron chi connectivity index (χ3n) is 2.63. The van der Waals surface area contributed by atoms with Gasteiger partial charge in [0.25, 0.3) is 0 Å². The molecule has 19 heavy (non-hydrogen) atoms. The van der Waals surface area contributed by atoms with Crippen molar-refractivity contribution in [3.63, 3.8) is 0 Å². The first kappa shape index (κ1) is 14.9. The zero-order valence-electron chi connectivity index (χ0n) is 10.2. The molecule has 0 aliphatic rings. The molecule has 100 valence electrons. The Bertz CT molecular complexity index is 592. The molecular weight excluding hydrogens is 440 g/mol. The molecule has 5 heteroatoms. The van der Waals surface area contributed by atoms with Gasteiger partial charge in [-0.2, -0.15) is 0 Å². The predicted molar refractivity (Wildman–Crippen MR) is 92.2 cm³/mol. The Morgan fingerprint density at radius 1 is 1.26 bits per heavy atom. The van der Waals surface area contributed by atoms with Gasteiger partial charge in [-0.25, -0.2) is 0 Å². The molecule has 0 saturated heterocycles. The Morgan fingerprint density at radius 3 is 2.68 bits per heavy atom. The summed E-state index contributed by atoms with van der Waals surface area (Å²) in [5.41, 5.74) is 2.26. The molecule has 0 aromatic heterocycles. The minimum atomic E-state index is 0.750. The van der Waals surface area contributed by atoms with Crippen molar-refractivity contribution >= 4 is 55.8 Å². The van der Waals surface area contributed by atoms with Gasteiger partial charge in [0, 0.05) is 20.8 Å². The summed E-state index contributed by atoms with van der Waals surface area (Å²) in [6.45, 7) is 0.750. The third kappa shape index (κ3) is 4.00. The summed E-state index contributed by atoms with van der Waals surface area (Å²) in [7, 11) is 1.66. The number of hydrogen-bond acceptors (Lipinski definition) is 2. The highest BCUT2D eigenvalue weighted by Gasteiger charge is 2.03. The van der Waals surface area contributed by atoms with Gasteiger partial charge in [0.05, 0.1) is 11.6 Å². The third-order valence-corrected chi connectivity index (χ3v) is 4.38.